The number of hydrogen-bond acceptors (Lipinski definition) is 5. The molecule has 0 heterocycles. The van der Waals surface area contributed by atoms with Gasteiger partial charge in [0.25, 0.3) is 0 Å². The van der Waals surface area contributed by atoms with Gasteiger partial charge in [-0.3, -0.25) is 0 Å². The van der Waals surface area contributed by atoms with Crippen molar-refractivity contribution in [2.45, 2.75) is 113 Å². The van der Waals surface area contributed by atoms with Crippen LogP contribution in [0.4, 0.5) is 5.69 Å². The Kier molecular flexibility index (Phi) is 18.5. The minimum absolute atomic E-state index is 0.137. The SMILES string of the molecule is OCCCCCC(P)(CCCCCO)N(c1ccccc1)C(P)(CCCCCO)CCCCCO. The summed E-state index contributed by atoms with van der Waals surface area (Å²) in [7, 11) is 6.49. The van der Waals surface area contributed by atoms with Gasteiger partial charge in [0.05, 0.1) is 10.6 Å². The maximum Gasteiger partial charge on any atom is 0.0549 e. The molecule has 1 rings (SSSR count). The molecule has 0 aliphatic rings. The minimum Gasteiger partial charge on any atom is -0.396 e. The predicted molar refractivity (Wildman–Crippen MR) is 156 cm³/mol. The maximum atomic E-state index is 9.32. The van der Waals surface area contributed by atoms with E-state index in [1.807, 2.05) is 0 Å². The lowest BCUT2D eigenvalue weighted by molar-refractivity contribution is 0.268. The van der Waals surface area contributed by atoms with Gasteiger partial charge in [-0.25, -0.2) is 0 Å². The summed E-state index contributed by atoms with van der Waals surface area (Å²) in [5.74, 6) is 0. The molecule has 0 amide bonds. The second-order valence-corrected chi connectivity index (χ2v) is 12.2. The summed E-state index contributed by atoms with van der Waals surface area (Å²) in [5, 5.41) is 37.0. The Balaban J connectivity index is 3.33. The first-order chi connectivity index (χ1) is 17.0. The number of unbranched alkanes of at least 4 members (excludes halogenated alkanes) is 8. The highest BCUT2D eigenvalue weighted by atomic mass is 31.0. The van der Waals surface area contributed by atoms with Crippen molar-refractivity contribution >= 4 is 24.2 Å². The van der Waals surface area contributed by atoms with Crippen LogP contribution in [0.25, 0.3) is 0 Å². The molecule has 0 aromatic heterocycles. The fourth-order valence-corrected chi connectivity index (χ4v) is 6.89. The average molecular weight is 530 g/mol. The highest BCUT2D eigenvalue weighted by molar-refractivity contribution is 7.21. The summed E-state index contributed by atoms with van der Waals surface area (Å²) < 4.78 is 0. The van der Waals surface area contributed by atoms with Gasteiger partial charge in [0.15, 0.2) is 0 Å². The molecule has 1 aromatic rings. The van der Waals surface area contributed by atoms with E-state index >= 15 is 0 Å². The molecule has 35 heavy (non-hydrogen) atoms. The van der Waals surface area contributed by atoms with Gasteiger partial charge < -0.3 is 25.3 Å². The molecule has 5 nitrogen and oxygen atoms in total. The summed E-state index contributed by atoms with van der Waals surface area (Å²) in [6.45, 7) is 0.968. The average Bonchev–Trinajstić information content (AvgIpc) is 2.86. The lowest BCUT2D eigenvalue weighted by Gasteiger charge is -2.54. The Morgan fingerprint density at radius 1 is 0.486 bits per heavy atom. The number of aliphatic hydroxyl groups is 4. The molecule has 0 saturated heterocycles. The number of hydrogen-bond donors (Lipinski definition) is 4. The maximum absolute atomic E-state index is 9.32. The zero-order valence-corrected chi connectivity index (χ0v) is 24.2. The second kappa shape index (κ2) is 19.8. The Morgan fingerprint density at radius 3 is 1.09 bits per heavy atom. The third-order valence-corrected chi connectivity index (χ3v) is 8.65. The van der Waals surface area contributed by atoms with Gasteiger partial charge in [-0.1, -0.05) is 69.6 Å². The second-order valence-electron chi connectivity index (χ2n) is 10.0. The Labute approximate surface area is 219 Å². The van der Waals surface area contributed by atoms with Crippen molar-refractivity contribution in [1.82, 2.24) is 0 Å². The summed E-state index contributed by atoms with van der Waals surface area (Å²) in [6, 6.07) is 10.8. The Hall–Kier alpha value is -0.280. The van der Waals surface area contributed by atoms with Gasteiger partial charge >= 0.3 is 0 Å². The Morgan fingerprint density at radius 2 is 0.800 bits per heavy atom. The van der Waals surface area contributed by atoms with Crippen molar-refractivity contribution in [3.8, 4) is 0 Å². The van der Waals surface area contributed by atoms with Crippen molar-refractivity contribution in [3.63, 3.8) is 0 Å². The molecular weight excluding hydrogens is 476 g/mol. The highest BCUT2D eigenvalue weighted by Gasteiger charge is 2.42. The first kappa shape index (κ1) is 32.7. The molecule has 0 aliphatic carbocycles. The molecule has 0 saturated carbocycles. The molecule has 0 spiro atoms. The number of para-hydroxylation sites is 1. The molecule has 1 aromatic carbocycles. The number of nitrogens with zero attached hydrogens (tertiary/aromatic N) is 1. The predicted octanol–water partition coefficient (Wildman–Crippen LogP) is 5.85. The zero-order valence-electron chi connectivity index (χ0n) is 21.9. The van der Waals surface area contributed by atoms with Crippen molar-refractivity contribution in [3.05, 3.63) is 30.3 Å². The summed E-state index contributed by atoms with van der Waals surface area (Å²) in [6.07, 6.45) is 15.7. The van der Waals surface area contributed by atoms with Crippen LogP contribution in [0.2, 0.25) is 0 Å². The van der Waals surface area contributed by atoms with E-state index in [1.54, 1.807) is 0 Å². The molecule has 0 fully saturated rings. The van der Waals surface area contributed by atoms with Crippen LogP contribution in [-0.4, -0.2) is 57.4 Å². The van der Waals surface area contributed by atoms with Gasteiger partial charge in [-0.2, -0.15) is 0 Å². The van der Waals surface area contributed by atoms with Crippen LogP contribution in [0, 0.1) is 0 Å². The van der Waals surface area contributed by atoms with Gasteiger partial charge in [-0.15, -0.1) is 18.5 Å². The largest absolute Gasteiger partial charge is 0.396 e. The minimum atomic E-state index is -0.137. The summed E-state index contributed by atoms with van der Waals surface area (Å²) in [5.41, 5.74) is 1.23. The van der Waals surface area contributed by atoms with E-state index in [9.17, 15) is 20.4 Å². The van der Waals surface area contributed by atoms with Gasteiger partial charge in [0.2, 0.25) is 0 Å². The quantitative estimate of drug-likeness (QED) is 0.106. The summed E-state index contributed by atoms with van der Waals surface area (Å²) in [4.78, 5) is 2.66. The fraction of sp³-hybridized carbons (Fsp3) is 0.786. The van der Waals surface area contributed by atoms with Crippen molar-refractivity contribution < 1.29 is 20.4 Å². The standard InChI is InChI=1S/C28H53NO4P2/c30-22-12-2-8-18-27(34,19-9-3-13-23-31)29(26-16-6-1-7-17-26)28(35,20-10-4-14-24-32)21-11-5-15-25-33/h1,6-7,16-17,30-33H,2-5,8-15,18-25,34-35H2. The molecule has 4 N–H and O–H groups in total. The molecular formula is C28H53NO4P2. The van der Waals surface area contributed by atoms with Crippen LogP contribution in [0.3, 0.4) is 0 Å². The van der Waals surface area contributed by atoms with E-state index in [0.717, 1.165) is 103 Å². The molecule has 0 aliphatic heterocycles. The first-order valence-electron chi connectivity index (χ1n) is 13.8. The zero-order chi connectivity index (χ0) is 25.8. The first-order valence-corrected chi connectivity index (χ1v) is 15.0. The lowest BCUT2D eigenvalue weighted by atomic mass is 9.92. The molecule has 0 bridgehead atoms. The highest BCUT2D eigenvalue weighted by Crippen LogP contribution is 2.49. The van der Waals surface area contributed by atoms with Crippen LogP contribution in [0.15, 0.2) is 30.3 Å². The lowest BCUT2D eigenvalue weighted by Crippen LogP contribution is -2.56. The third-order valence-electron chi connectivity index (χ3n) is 6.98. The molecule has 2 atom stereocenters. The van der Waals surface area contributed by atoms with Crippen molar-refractivity contribution in [2.75, 3.05) is 31.3 Å². The topological polar surface area (TPSA) is 84.2 Å². The number of anilines is 1. The number of benzene rings is 1. The van der Waals surface area contributed by atoms with E-state index in [1.165, 1.54) is 5.69 Å². The molecule has 0 radical (unpaired) electrons. The molecule has 204 valence electrons. The van der Waals surface area contributed by atoms with Crippen molar-refractivity contribution in [2.24, 2.45) is 0 Å². The summed E-state index contributed by atoms with van der Waals surface area (Å²) >= 11 is 0. The van der Waals surface area contributed by atoms with Gasteiger partial charge in [-0.05, 0) is 63.5 Å². The van der Waals surface area contributed by atoms with Crippen LogP contribution in [-0.2, 0) is 0 Å². The van der Waals surface area contributed by atoms with Crippen LogP contribution < -0.4 is 4.90 Å². The van der Waals surface area contributed by atoms with Crippen LogP contribution in [0.1, 0.15) is 103 Å². The molecule has 7 heteroatoms. The van der Waals surface area contributed by atoms with E-state index in [-0.39, 0.29) is 37.0 Å². The van der Waals surface area contributed by atoms with Gasteiger partial charge in [0, 0.05) is 32.1 Å². The number of aliphatic hydroxyl groups excluding tert-OH is 4. The van der Waals surface area contributed by atoms with E-state index in [4.69, 9.17) is 0 Å². The monoisotopic (exact) mass is 529 g/mol. The van der Waals surface area contributed by atoms with Crippen LogP contribution >= 0.6 is 18.5 Å². The van der Waals surface area contributed by atoms with Crippen LogP contribution in [0.5, 0.6) is 0 Å². The Bertz CT molecular complexity index is 562. The normalized spacial score (nSPS) is 12.3. The fourth-order valence-electron chi connectivity index (χ4n) is 5.11. The van der Waals surface area contributed by atoms with Gasteiger partial charge in [0.1, 0.15) is 0 Å². The smallest absolute Gasteiger partial charge is 0.0549 e. The van der Waals surface area contributed by atoms with E-state index in [0.29, 0.717) is 0 Å². The number of rotatable bonds is 23. The van der Waals surface area contributed by atoms with E-state index < -0.39 is 0 Å². The molecule has 2 unspecified atom stereocenters. The van der Waals surface area contributed by atoms with Crippen molar-refractivity contribution in [1.29, 1.82) is 0 Å². The third kappa shape index (κ3) is 12.7. The van der Waals surface area contributed by atoms with E-state index in [2.05, 4.69) is 53.7 Å².